The lowest BCUT2D eigenvalue weighted by molar-refractivity contribution is -0.149. The normalized spacial score (nSPS) is 29.6. The zero-order valence-corrected chi connectivity index (χ0v) is 17.3. The van der Waals surface area contributed by atoms with Crippen LogP contribution in [0.25, 0.3) is 0 Å². The molecule has 3 amide bonds. The standard InChI is InChI=1S/C22H31ClN2O3/c23-15-11-12-18-19(13-15)22(28)24(21(18)27)14-20(26)25(16-7-3-1-4-8-16)17-9-5-2-6-10-17/h11,16-19H,1-10,12-14H2/t18-,19+/m1/s1. The minimum absolute atomic E-state index is 0.0294. The molecule has 1 aliphatic heterocycles. The van der Waals surface area contributed by atoms with Gasteiger partial charge in [0.2, 0.25) is 17.7 Å². The Balaban J connectivity index is 1.49. The van der Waals surface area contributed by atoms with Crippen molar-refractivity contribution in [3.8, 4) is 0 Å². The van der Waals surface area contributed by atoms with Gasteiger partial charge in [-0.15, -0.1) is 0 Å². The molecule has 0 aromatic heterocycles. The van der Waals surface area contributed by atoms with Crippen molar-refractivity contribution >= 4 is 29.3 Å². The van der Waals surface area contributed by atoms with Gasteiger partial charge >= 0.3 is 0 Å². The molecule has 0 aromatic carbocycles. The first-order valence-electron chi connectivity index (χ1n) is 11.1. The summed E-state index contributed by atoms with van der Waals surface area (Å²) in [4.78, 5) is 42.4. The van der Waals surface area contributed by atoms with Gasteiger partial charge in [-0.2, -0.15) is 0 Å². The molecule has 0 aromatic rings. The average Bonchev–Trinajstić information content (AvgIpc) is 2.94. The van der Waals surface area contributed by atoms with Crippen molar-refractivity contribution in [2.75, 3.05) is 6.54 Å². The molecule has 0 N–H and O–H groups in total. The van der Waals surface area contributed by atoms with Crippen LogP contribution in [0.15, 0.2) is 11.1 Å². The number of nitrogens with zero attached hydrogens (tertiary/aromatic N) is 2. The molecule has 28 heavy (non-hydrogen) atoms. The lowest BCUT2D eigenvalue weighted by atomic mass is 9.85. The van der Waals surface area contributed by atoms with Crippen LogP contribution in [0.5, 0.6) is 0 Å². The van der Waals surface area contributed by atoms with E-state index in [1.807, 2.05) is 6.08 Å². The first-order chi connectivity index (χ1) is 13.6. The molecule has 4 aliphatic rings. The van der Waals surface area contributed by atoms with Crippen LogP contribution in [0.4, 0.5) is 0 Å². The topological polar surface area (TPSA) is 57.7 Å². The van der Waals surface area contributed by atoms with Crippen molar-refractivity contribution in [3.05, 3.63) is 11.1 Å². The Kier molecular flexibility index (Phi) is 6.10. The minimum Gasteiger partial charge on any atom is -0.335 e. The van der Waals surface area contributed by atoms with Gasteiger partial charge in [0.25, 0.3) is 0 Å². The van der Waals surface area contributed by atoms with Crippen molar-refractivity contribution < 1.29 is 14.4 Å². The van der Waals surface area contributed by atoms with E-state index in [2.05, 4.69) is 4.90 Å². The minimum atomic E-state index is -0.379. The number of hydrogen-bond donors (Lipinski definition) is 0. The number of hydrogen-bond acceptors (Lipinski definition) is 3. The van der Waals surface area contributed by atoms with Gasteiger partial charge in [0.15, 0.2) is 0 Å². The zero-order valence-electron chi connectivity index (χ0n) is 16.6. The van der Waals surface area contributed by atoms with Crippen LogP contribution in [0.2, 0.25) is 0 Å². The Hall–Kier alpha value is -1.36. The van der Waals surface area contributed by atoms with Crippen LogP contribution >= 0.6 is 11.6 Å². The quantitative estimate of drug-likeness (QED) is 0.663. The summed E-state index contributed by atoms with van der Waals surface area (Å²) in [6.45, 7) is -0.0880. The third-order valence-corrected chi connectivity index (χ3v) is 7.49. The number of amides is 3. The Morgan fingerprint density at radius 3 is 2.04 bits per heavy atom. The smallest absolute Gasteiger partial charge is 0.243 e. The summed E-state index contributed by atoms with van der Waals surface area (Å²) in [7, 11) is 0. The van der Waals surface area contributed by atoms with E-state index in [4.69, 9.17) is 11.6 Å². The average molecular weight is 407 g/mol. The van der Waals surface area contributed by atoms with Crippen molar-refractivity contribution in [2.45, 2.75) is 89.1 Å². The van der Waals surface area contributed by atoms with Crippen LogP contribution in [0.3, 0.4) is 0 Å². The summed E-state index contributed by atoms with van der Waals surface area (Å²) >= 11 is 6.11. The van der Waals surface area contributed by atoms with Gasteiger partial charge in [-0.05, 0) is 38.5 Å². The molecule has 3 aliphatic carbocycles. The Bertz CT molecular complexity index is 647. The van der Waals surface area contributed by atoms with Crippen LogP contribution in [-0.2, 0) is 14.4 Å². The second kappa shape index (κ2) is 8.56. The molecule has 2 saturated carbocycles. The summed E-state index contributed by atoms with van der Waals surface area (Å²) in [5.74, 6) is -1.13. The third kappa shape index (κ3) is 3.87. The van der Waals surface area contributed by atoms with Gasteiger partial charge in [-0.25, -0.2) is 0 Å². The lowest BCUT2D eigenvalue weighted by Gasteiger charge is -2.42. The predicted octanol–water partition coefficient (Wildman–Crippen LogP) is 4.00. The Morgan fingerprint density at radius 2 is 1.46 bits per heavy atom. The van der Waals surface area contributed by atoms with E-state index in [0.717, 1.165) is 51.4 Å². The first-order valence-corrected chi connectivity index (χ1v) is 11.4. The Morgan fingerprint density at radius 1 is 0.929 bits per heavy atom. The number of rotatable bonds is 4. The van der Waals surface area contributed by atoms with Crippen LogP contribution < -0.4 is 0 Å². The predicted molar refractivity (Wildman–Crippen MR) is 107 cm³/mol. The molecule has 0 unspecified atom stereocenters. The highest BCUT2D eigenvalue weighted by molar-refractivity contribution is 6.30. The summed E-state index contributed by atoms with van der Waals surface area (Å²) in [5, 5.41) is 0.654. The molecule has 0 spiro atoms. The number of allylic oxidation sites excluding steroid dienone is 2. The van der Waals surface area contributed by atoms with Gasteiger partial charge in [0.05, 0.1) is 11.8 Å². The number of fused-ring (bicyclic) bond motifs is 1. The molecule has 0 radical (unpaired) electrons. The van der Waals surface area contributed by atoms with Crippen molar-refractivity contribution in [1.29, 1.82) is 0 Å². The molecule has 1 saturated heterocycles. The van der Waals surface area contributed by atoms with Gasteiger partial charge < -0.3 is 4.90 Å². The monoisotopic (exact) mass is 406 g/mol. The fourth-order valence-corrected chi connectivity index (χ4v) is 5.95. The fourth-order valence-electron chi connectivity index (χ4n) is 5.69. The van der Waals surface area contributed by atoms with E-state index < -0.39 is 0 Å². The van der Waals surface area contributed by atoms with E-state index in [-0.39, 0.29) is 48.2 Å². The van der Waals surface area contributed by atoms with E-state index in [1.54, 1.807) is 0 Å². The molecule has 6 heteroatoms. The van der Waals surface area contributed by atoms with Crippen molar-refractivity contribution in [1.82, 2.24) is 9.80 Å². The molecule has 0 bridgehead atoms. The van der Waals surface area contributed by atoms with E-state index >= 15 is 0 Å². The number of imide groups is 1. The number of carbonyl (C=O) groups excluding carboxylic acids is 3. The lowest BCUT2D eigenvalue weighted by Crippen LogP contribution is -2.52. The van der Waals surface area contributed by atoms with Crippen molar-refractivity contribution in [3.63, 3.8) is 0 Å². The molecule has 154 valence electrons. The summed E-state index contributed by atoms with van der Waals surface area (Å²) in [6, 6.07) is 0.547. The summed E-state index contributed by atoms with van der Waals surface area (Å²) in [5.41, 5.74) is 0. The number of halogens is 1. The zero-order chi connectivity index (χ0) is 19.7. The number of carbonyl (C=O) groups is 3. The van der Waals surface area contributed by atoms with Crippen LogP contribution in [-0.4, -0.2) is 46.1 Å². The molecule has 1 heterocycles. The van der Waals surface area contributed by atoms with E-state index in [0.29, 0.717) is 17.9 Å². The fraction of sp³-hybridized carbons (Fsp3) is 0.773. The molecular weight excluding hydrogens is 376 g/mol. The van der Waals surface area contributed by atoms with Crippen LogP contribution in [0.1, 0.15) is 77.0 Å². The summed E-state index contributed by atoms with van der Waals surface area (Å²) < 4.78 is 0. The highest BCUT2D eigenvalue weighted by Crippen LogP contribution is 2.39. The molecule has 4 rings (SSSR count). The largest absolute Gasteiger partial charge is 0.335 e. The van der Waals surface area contributed by atoms with Gasteiger partial charge in [-0.1, -0.05) is 56.2 Å². The second-order valence-corrected chi connectivity index (χ2v) is 9.44. The highest BCUT2D eigenvalue weighted by atomic mass is 35.5. The van der Waals surface area contributed by atoms with Crippen molar-refractivity contribution in [2.24, 2.45) is 11.8 Å². The number of likely N-dealkylation sites (tertiary alicyclic amines) is 1. The highest BCUT2D eigenvalue weighted by Gasteiger charge is 2.49. The maximum Gasteiger partial charge on any atom is 0.243 e. The van der Waals surface area contributed by atoms with Gasteiger partial charge in [0, 0.05) is 17.1 Å². The molecule has 5 nitrogen and oxygen atoms in total. The maximum atomic E-state index is 13.4. The van der Waals surface area contributed by atoms with E-state index in [1.165, 1.54) is 17.7 Å². The summed E-state index contributed by atoms with van der Waals surface area (Å²) in [6.07, 6.45) is 14.1. The maximum absolute atomic E-state index is 13.4. The Labute approximate surface area is 172 Å². The molecular formula is C22H31ClN2O3. The van der Waals surface area contributed by atoms with E-state index in [9.17, 15) is 14.4 Å². The SMILES string of the molecule is O=C1[C@H]2CC(Cl)=CC[C@H]2C(=O)N1CC(=O)N(C1CCCCC1)C1CCCCC1. The molecule has 2 atom stereocenters. The van der Waals surface area contributed by atoms with Crippen LogP contribution in [0, 0.1) is 11.8 Å². The second-order valence-electron chi connectivity index (χ2n) is 8.95. The molecule has 3 fully saturated rings. The van der Waals surface area contributed by atoms with Gasteiger partial charge in [0.1, 0.15) is 6.54 Å². The first kappa shape index (κ1) is 19.9. The third-order valence-electron chi connectivity index (χ3n) is 7.18. The van der Waals surface area contributed by atoms with Gasteiger partial charge in [-0.3, -0.25) is 19.3 Å².